The van der Waals surface area contributed by atoms with Crippen molar-refractivity contribution in [2.45, 2.75) is 25.7 Å². The fourth-order valence-electron chi connectivity index (χ4n) is 2.60. The molecule has 1 saturated carbocycles. The second-order valence-electron chi connectivity index (χ2n) is 5.18. The smallest absolute Gasteiger partial charge is 0.0443 e. The molecule has 3 rings (SSSR count). The first-order valence-electron chi connectivity index (χ1n) is 6.65. The van der Waals surface area contributed by atoms with Crippen molar-refractivity contribution in [2.24, 2.45) is 0 Å². The predicted molar refractivity (Wildman–Crippen MR) is 77.7 cm³/mol. The van der Waals surface area contributed by atoms with Gasteiger partial charge in [0.25, 0.3) is 0 Å². The Kier molecular flexibility index (Phi) is 2.83. The highest BCUT2D eigenvalue weighted by atomic mass is 15.1. The van der Waals surface area contributed by atoms with Crippen LogP contribution in [0.5, 0.6) is 0 Å². The number of hydrogen-bond donors (Lipinski definition) is 0. The van der Waals surface area contributed by atoms with Gasteiger partial charge in [-0.05, 0) is 48.9 Å². The zero-order valence-corrected chi connectivity index (χ0v) is 11.1. The summed E-state index contributed by atoms with van der Waals surface area (Å²) in [5, 5.41) is 0. The summed E-state index contributed by atoms with van der Waals surface area (Å²) in [5.41, 5.74) is 5.48. The monoisotopic (exact) mass is 237 g/mol. The van der Waals surface area contributed by atoms with E-state index in [1.807, 2.05) is 0 Å². The van der Waals surface area contributed by atoms with E-state index < -0.39 is 0 Å². The molecular weight excluding hydrogens is 218 g/mol. The van der Waals surface area contributed by atoms with Crippen molar-refractivity contribution in [3.8, 4) is 0 Å². The lowest BCUT2D eigenvalue weighted by atomic mass is 10.1. The standard InChI is InChI=1S/C17H19N/c1-13-7-3-5-9-16(13)18(2)17-10-6-4-8-15(17)14-11-12-14/h3-10,14H,11-12H2,1-2H3. The van der Waals surface area contributed by atoms with Crippen LogP contribution in [0.3, 0.4) is 0 Å². The number of rotatable bonds is 3. The van der Waals surface area contributed by atoms with Crippen LogP contribution in [0, 0.1) is 6.92 Å². The summed E-state index contributed by atoms with van der Waals surface area (Å²) in [7, 11) is 2.17. The first kappa shape index (κ1) is 11.3. The summed E-state index contributed by atoms with van der Waals surface area (Å²) >= 11 is 0. The van der Waals surface area contributed by atoms with Gasteiger partial charge in [0.15, 0.2) is 0 Å². The zero-order chi connectivity index (χ0) is 12.5. The van der Waals surface area contributed by atoms with Gasteiger partial charge in [0.2, 0.25) is 0 Å². The number of anilines is 2. The van der Waals surface area contributed by atoms with Crippen LogP contribution in [-0.2, 0) is 0 Å². The fourth-order valence-corrected chi connectivity index (χ4v) is 2.60. The van der Waals surface area contributed by atoms with Crippen molar-refractivity contribution < 1.29 is 0 Å². The molecule has 0 radical (unpaired) electrons. The van der Waals surface area contributed by atoms with E-state index >= 15 is 0 Å². The Morgan fingerprint density at radius 3 is 2.17 bits per heavy atom. The maximum atomic E-state index is 2.32. The van der Waals surface area contributed by atoms with Crippen molar-refractivity contribution >= 4 is 11.4 Å². The minimum atomic E-state index is 0.785. The van der Waals surface area contributed by atoms with Gasteiger partial charge in [-0.25, -0.2) is 0 Å². The van der Waals surface area contributed by atoms with Crippen LogP contribution in [0.2, 0.25) is 0 Å². The number of benzene rings is 2. The molecule has 2 aromatic rings. The van der Waals surface area contributed by atoms with E-state index in [0.717, 1.165) is 5.92 Å². The molecule has 1 aliphatic carbocycles. The van der Waals surface area contributed by atoms with Gasteiger partial charge in [-0.2, -0.15) is 0 Å². The third-order valence-corrected chi connectivity index (χ3v) is 3.79. The van der Waals surface area contributed by atoms with E-state index in [-0.39, 0.29) is 0 Å². The first-order valence-corrected chi connectivity index (χ1v) is 6.65. The first-order chi connectivity index (χ1) is 8.77. The molecular formula is C17H19N. The highest BCUT2D eigenvalue weighted by molar-refractivity contribution is 5.69. The maximum Gasteiger partial charge on any atom is 0.0443 e. The topological polar surface area (TPSA) is 3.24 Å². The SMILES string of the molecule is Cc1ccccc1N(C)c1ccccc1C1CC1. The van der Waals surface area contributed by atoms with Crippen molar-refractivity contribution in [3.05, 3.63) is 59.7 Å². The number of hydrogen-bond acceptors (Lipinski definition) is 1. The molecule has 18 heavy (non-hydrogen) atoms. The van der Waals surface area contributed by atoms with Crippen molar-refractivity contribution in [3.63, 3.8) is 0 Å². The van der Waals surface area contributed by atoms with Crippen LogP contribution in [-0.4, -0.2) is 7.05 Å². The largest absolute Gasteiger partial charge is 0.344 e. The molecule has 0 aliphatic heterocycles. The van der Waals surface area contributed by atoms with Gasteiger partial charge in [0.1, 0.15) is 0 Å². The zero-order valence-electron chi connectivity index (χ0n) is 11.1. The summed E-state index contributed by atoms with van der Waals surface area (Å²) in [6.07, 6.45) is 2.69. The lowest BCUT2D eigenvalue weighted by Gasteiger charge is -2.24. The van der Waals surface area contributed by atoms with Crippen LogP contribution in [0.4, 0.5) is 11.4 Å². The normalized spacial score (nSPS) is 14.6. The molecule has 0 heterocycles. The highest BCUT2D eigenvalue weighted by Gasteiger charge is 2.27. The average molecular weight is 237 g/mol. The lowest BCUT2D eigenvalue weighted by molar-refractivity contribution is 1.08. The fraction of sp³-hybridized carbons (Fsp3) is 0.294. The molecule has 1 fully saturated rings. The van der Waals surface area contributed by atoms with Crippen molar-refractivity contribution in [1.82, 2.24) is 0 Å². The second kappa shape index (κ2) is 4.49. The molecule has 0 bridgehead atoms. The van der Waals surface area contributed by atoms with Gasteiger partial charge in [-0.1, -0.05) is 36.4 Å². The molecule has 1 aliphatic rings. The molecule has 0 aromatic heterocycles. The minimum absolute atomic E-state index is 0.785. The molecule has 0 N–H and O–H groups in total. The molecule has 0 unspecified atom stereocenters. The Morgan fingerprint density at radius 1 is 0.889 bits per heavy atom. The average Bonchev–Trinajstić information content (AvgIpc) is 3.23. The molecule has 0 atom stereocenters. The summed E-state index contributed by atoms with van der Waals surface area (Å²) in [4.78, 5) is 2.32. The van der Waals surface area contributed by atoms with Gasteiger partial charge >= 0.3 is 0 Å². The van der Waals surface area contributed by atoms with Crippen LogP contribution < -0.4 is 4.90 Å². The Morgan fingerprint density at radius 2 is 1.50 bits per heavy atom. The third kappa shape index (κ3) is 2.01. The van der Waals surface area contributed by atoms with Crippen LogP contribution in [0.1, 0.15) is 29.9 Å². The second-order valence-corrected chi connectivity index (χ2v) is 5.18. The molecule has 92 valence electrons. The summed E-state index contributed by atoms with van der Waals surface area (Å²) < 4.78 is 0. The number of aryl methyl sites for hydroxylation is 1. The minimum Gasteiger partial charge on any atom is -0.344 e. The van der Waals surface area contributed by atoms with Crippen LogP contribution in [0.15, 0.2) is 48.5 Å². The lowest BCUT2D eigenvalue weighted by Crippen LogP contribution is -2.12. The molecule has 0 amide bonds. The molecule has 0 saturated heterocycles. The van der Waals surface area contributed by atoms with Gasteiger partial charge in [-0.15, -0.1) is 0 Å². The van der Waals surface area contributed by atoms with Crippen molar-refractivity contribution in [2.75, 3.05) is 11.9 Å². The number of para-hydroxylation sites is 2. The molecule has 0 spiro atoms. The molecule has 2 aromatic carbocycles. The third-order valence-electron chi connectivity index (χ3n) is 3.79. The van der Waals surface area contributed by atoms with Gasteiger partial charge < -0.3 is 4.90 Å². The Labute approximate surface area is 109 Å². The summed E-state index contributed by atoms with van der Waals surface area (Å²) in [6, 6.07) is 17.4. The van der Waals surface area contributed by atoms with E-state index in [0.29, 0.717) is 0 Å². The molecule has 1 heteroatoms. The van der Waals surface area contributed by atoms with Gasteiger partial charge in [0, 0.05) is 18.4 Å². The molecule has 1 nitrogen and oxygen atoms in total. The summed E-state index contributed by atoms with van der Waals surface area (Å²) in [5.74, 6) is 0.785. The van der Waals surface area contributed by atoms with E-state index in [4.69, 9.17) is 0 Å². The number of nitrogens with zero attached hydrogens (tertiary/aromatic N) is 1. The van der Waals surface area contributed by atoms with Crippen molar-refractivity contribution in [1.29, 1.82) is 0 Å². The van der Waals surface area contributed by atoms with Gasteiger partial charge in [-0.3, -0.25) is 0 Å². The predicted octanol–water partition coefficient (Wildman–Crippen LogP) is 4.64. The van der Waals surface area contributed by atoms with E-state index in [1.165, 1.54) is 35.3 Å². The maximum absolute atomic E-state index is 2.32. The van der Waals surface area contributed by atoms with Gasteiger partial charge in [0.05, 0.1) is 0 Å². The van der Waals surface area contributed by atoms with Crippen LogP contribution in [0.25, 0.3) is 0 Å². The summed E-state index contributed by atoms with van der Waals surface area (Å²) in [6.45, 7) is 2.17. The Hall–Kier alpha value is -1.76. The Balaban J connectivity index is 2.02. The van der Waals surface area contributed by atoms with E-state index in [9.17, 15) is 0 Å². The van der Waals surface area contributed by atoms with E-state index in [2.05, 4.69) is 67.4 Å². The van der Waals surface area contributed by atoms with Crippen LogP contribution >= 0.6 is 0 Å². The highest BCUT2D eigenvalue weighted by Crippen LogP contribution is 2.45. The Bertz CT molecular complexity index is 555. The quantitative estimate of drug-likeness (QED) is 0.751. The van der Waals surface area contributed by atoms with E-state index in [1.54, 1.807) is 0 Å².